The summed E-state index contributed by atoms with van der Waals surface area (Å²) in [6.45, 7) is 1.80. The molecule has 0 aliphatic heterocycles. The van der Waals surface area contributed by atoms with E-state index in [0.29, 0.717) is 11.8 Å². The van der Waals surface area contributed by atoms with Crippen LogP contribution in [0.25, 0.3) is 0 Å². The van der Waals surface area contributed by atoms with Gasteiger partial charge in [0.05, 0.1) is 0 Å². The second-order valence-electron chi connectivity index (χ2n) is 5.79. The summed E-state index contributed by atoms with van der Waals surface area (Å²) in [5, 5.41) is 0. The fraction of sp³-hybridized carbons (Fsp3) is 0.412. The smallest absolute Gasteiger partial charge is 0.227 e. The number of rotatable bonds is 7. The number of hydrogen-bond acceptors (Lipinski definition) is 5. The summed E-state index contributed by atoms with van der Waals surface area (Å²) >= 11 is 0. The van der Waals surface area contributed by atoms with Gasteiger partial charge in [-0.05, 0) is 32.5 Å². The Kier molecular flexibility index (Phi) is 5.72. The lowest BCUT2D eigenvalue weighted by Crippen LogP contribution is -2.23. The molecule has 5 nitrogen and oxygen atoms in total. The van der Waals surface area contributed by atoms with Gasteiger partial charge in [-0.3, -0.25) is 0 Å². The van der Waals surface area contributed by atoms with Crippen molar-refractivity contribution in [1.82, 2.24) is 14.9 Å². The predicted octanol–water partition coefficient (Wildman–Crippen LogP) is 1.84. The van der Waals surface area contributed by atoms with Crippen LogP contribution in [-0.2, 0) is 12.8 Å². The molecule has 0 saturated heterocycles. The lowest BCUT2D eigenvalue weighted by atomic mass is 10.1. The van der Waals surface area contributed by atoms with Crippen LogP contribution >= 0.6 is 0 Å². The predicted molar refractivity (Wildman–Crippen MR) is 92.1 cm³/mol. The first kappa shape index (κ1) is 16.2. The van der Waals surface area contributed by atoms with Gasteiger partial charge in [0.25, 0.3) is 0 Å². The number of nitrogens with two attached hydrogens (primary N) is 1. The highest BCUT2D eigenvalue weighted by Gasteiger charge is 2.08. The summed E-state index contributed by atoms with van der Waals surface area (Å²) in [5.74, 6) is 1.26. The molecule has 0 amide bonds. The quantitative estimate of drug-likeness (QED) is 0.845. The van der Waals surface area contributed by atoms with Crippen molar-refractivity contribution in [3.63, 3.8) is 0 Å². The topological polar surface area (TPSA) is 58.3 Å². The van der Waals surface area contributed by atoms with Crippen LogP contribution in [0.2, 0.25) is 0 Å². The molecular formula is C17H25N5. The van der Waals surface area contributed by atoms with Gasteiger partial charge in [0.1, 0.15) is 5.82 Å². The molecule has 0 radical (unpaired) electrons. The van der Waals surface area contributed by atoms with Crippen LogP contribution in [0.5, 0.6) is 0 Å². The fourth-order valence-electron chi connectivity index (χ4n) is 2.17. The Balaban J connectivity index is 1.95. The lowest BCUT2D eigenvalue weighted by Gasteiger charge is -2.18. The Labute approximate surface area is 132 Å². The van der Waals surface area contributed by atoms with E-state index in [1.165, 1.54) is 5.56 Å². The highest BCUT2D eigenvalue weighted by molar-refractivity contribution is 5.44. The first-order chi connectivity index (χ1) is 10.6. The SMILES string of the molecule is CN(C)CCc1cnc(N(C)CCc2ccccc2)nc1N. The van der Waals surface area contributed by atoms with E-state index in [0.717, 1.165) is 31.5 Å². The molecule has 2 rings (SSSR count). The van der Waals surface area contributed by atoms with E-state index >= 15 is 0 Å². The van der Waals surface area contributed by atoms with E-state index in [4.69, 9.17) is 5.73 Å². The summed E-state index contributed by atoms with van der Waals surface area (Å²) in [4.78, 5) is 13.0. The number of likely N-dealkylation sites (N-methyl/N-ethyl adjacent to an activating group) is 2. The monoisotopic (exact) mass is 299 g/mol. The number of hydrogen-bond donors (Lipinski definition) is 1. The third kappa shape index (κ3) is 4.70. The zero-order chi connectivity index (χ0) is 15.9. The standard InChI is InChI=1S/C17H25N5/c1-21(2)11-10-15-13-19-17(20-16(15)18)22(3)12-9-14-7-5-4-6-8-14/h4-8,13H,9-12H2,1-3H3,(H2,18,19,20). The molecule has 2 N–H and O–H groups in total. The molecule has 0 saturated carbocycles. The lowest BCUT2D eigenvalue weighted by molar-refractivity contribution is 0.413. The minimum Gasteiger partial charge on any atom is -0.383 e. The van der Waals surface area contributed by atoms with Crippen LogP contribution in [0.3, 0.4) is 0 Å². The maximum absolute atomic E-state index is 6.06. The molecule has 0 bridgehead atoms. The van der Waals surface area contributed by atoms with E-state index in [1.54, 1.807) is 0 Å². The van der Waals surface area contributed by atoms with Crippen LogP contribution in [0.1, 0.15) is 11.1 Å². The number of benzene rings is 1. The Bertz CT molecular complexity index is 583. The van der Waals surface area contributed by atoms with Crippen molar-refractivity contribution in [3.8, 4) is 0 Å². The van der Waals surface area contributed by atoms with Gasteiger partial charge in [0.2, 0.25) is 5.95 Å². The molecule has 22 heavy (non-hydrogen) atoms. The van der Waals surface area contributed by atoms with Crippen LogP contribution in [-0.4, -0.2) is 49.1 Å². The summed E-state index contributed by atoms with van der Waals surface area (Å²) in [6.07, 6.45) is 3.68. The van der Waals surface area contributed by atoms with Crippen molar-refractivity contribution in [2.75, 3.05) is 44.9 Å². The van der Waals surface area contributed by atoms with E-state index in [1.807, 2.05) is 38.3 Å². The zero-order valence-electron chi connectivity index (χ0n) is 13.7. The van der Waals surface area contributed by atoms with Crippen molar-refractivity contribution in [2.24, 2.45) is 0 Å². The first-order valence-corrected chi connectivity index (χ1v) is 7.57. The van der Waals surface area contributed by atoms with E-state index in [9.17, 15) is 0 Å². The molecule has 1 aromatic carbocycles. The first-order valence-electron chi connectivity index (χ1n) is 7.57. The zero-order valence-corrected chi connectivity index (χ0v) is 13.7. The largest absolute Gasteiger partial charge is 0.383 e. The second-order valence-corrected chi connectivity index (χ2v) is 5.79. The molecule has 0 aliphatic carbocycles. The van der Waals surface area contributed by atoms with Crippen LogP contribution < -0.4 is 10.6 Å². The van der Waals surface area contributed by atoms with Gasteiger partial charge in [-0.2, -0.15) is 4.98 Å². The average Bonchev–Trinajstić information content (AvgIpc) is 2.52. The van der Waals surface area contributed by atoms with Crippen LogP contribution in [0, 0.1) is 0 Å². The van der Waals surface area contributed by atoms with Gasteiger partial charge in [0, 0.05) is 31.9 Å². The normalized spacial score (nSPS) is 10.9. The Hall–Kier alpha value is -2.14. The van der Waals surface area contributed by atoms with E-state index in [2.05, 4.69) is 39.1 Å². The molecule has 0 spiro atoms. The molecule has 118 valence electrons. The maximum Gasteiger partial charge on any atom is 0.227 e. The van der Waals surface area contributed by atoms with Crippen LogP contribution in [0.4, 0.5) is 11.8 Å². The van der Waals surface area contributed by atoms with Gasteiger partial charge in [-0.15, -0.1) is 0 Å². The highest BCUT2D eigenvalue weighted by atomic mass is 15.2. The highest BCUT2D eigenvalue weighted by Crippen LogP contribution is 2.14. The summed E-state index contributed by atoms with van der Waals surface area (Å²) in [5.41, 5.74) is 8.37. The van der Waals surface area contributed by atoms with E-state index in [-0.39, 0.29) is 0 Å². The summed E-state index contributed by atoms with van der Waals surface area (Å²) < 4.78 is 0. The maximum atomic E-state index is 6.06. The summed E-state index contributed by atoms with van der Waals surface area (Å²) in [7, 11) is 6.09. The van der Waals surface area contributed by atoms with E-state index < -0.39 is 0 Å². The molecule has 5 heteroatoms. The molecule has 0 fully saturated rings. The Morgan fingerprint density at radius 1 is 1.00 bits per heavy atom. The van der Waals surface area contributed by atoms with Gasteiger partial charge < -0.3 is 15.5 Å². The number of nitrogen functional groups attached to an aromatic ring is 1. The number of nitrogens with zero attached hydrogens (tertiary/aromatic N) is 4. The van der Waals surface area contributed by atoms with Crippen molar-refractivity contribution in [2.45, 2.75) is 12.8 Å². The molecule has 1 heterocycles. The second kappa shape index (κ2) is 7.75. The fourth-order valence-corrected chi connectivity index (χ4v) is 2.17. The van der Waals surface area contributed by atoms with Gasteiger partial charge >= 0.3 is 0 Å². The van der Waals surface area contributed by atoms with Crippen molar-refractivity contribution >= 4 is 11.8 Å². The molecule has 0 atom stereocenters. The number of aromatic nitrogens is 2. The van der Waals surface area contributed by atoms with Crippen molar-refractivity contribution in [3.05, 3.63) is 47.7 Å². The van der Waals surface area contributed by atoms with Crippen molar-refractivity contribution < 1.29 is 0 Å². The third-order valence-corrected chi connectivity index (χ3v) is 3.63. The summed E-state index contributed by atoms with van der Waals surface area (Å²) in [6, 6.07) is 10.4. The molecule has 0 unspecified atom stereocenters. The molecule has 1 aromatic heterocycles. The third-order valence-electron chi connectivity index (χ3n) is 3.63. The molecular weight excluding hydrogens is 274 g/mol. The average molecular weight is 299 g/mol. The van der Waals surface area contributed by atoms with Gasteiger partial charge in [-0.1, -0.05) is 30.3 Å². The molecule has 2 aromatic rings. The molecule has 0 aliphatic rings. The number of anilines is 2. The Morgan fingerprint density at radius 2 is 1.73 bits per heavy atom. The van der Waals surface area contributed by atoms with Crippen LogP contribution in [0.15, 0.2) is 36.5 Å². The van der Waals surface area contributed by atoms with Crippen molar-refractivity contribution in [1.29, 1.82) is 0 Å². The Morgan fingerprint density at radius 3 is 2.36 bits per heavy atom. The minimum atomic E-state index is 0.582. The van der Waals surface area contributed by atoms with Gasteiger partial charge in [-0.25, -0.2) is 4.98 Å². The van der Waals surface area contributed by atoms with Gasteiger partial charge in [0.15, 0.2) is 0 Å². The minimum absolute atomic E-state index is 0.582.